The van der Waals surface area contributed by atoms with Gasteiger partial charge in [-0.1, -0.05) is 44.2 Å². The molecule has 2 unspecified atom stereocenters. The van der Waals surface area contributed by atoms with Crippen LogP contribution in [-0.2, 0) is 4.74 Å². The second-order valence-electron chi connectivity index (χ2n) is 7.06. The first-order valence-electron chi connectivity index (χ1n) is 7.91. The highest BCUT2D eigenvalue weighted by atomic mass is 16.5. The van der Waals surface area contributed by atoms with E-state index in [-0.39, 0.29) is 5.60 Å². The van der Waals surface area contributed by atoms with E-state index in [0.717, 1.165) is 19.4 Å². The summed E-state index contributed by atoms with van der Waals surface area (Å²) in [6.07, 6.45) is 3.39. The van der Waals surface area contributed by atoms with E-state index in [9.17, 15) is 0 Å². The number of nitrogens with one attached hydrogen (secondary N) is 1. The van der Waals surface area contributed by atoms with Gasteiger partial charge < -0.3 is 10.1 Å². The van der Waals surface area contributed by atoms with Crippen LogP contribution in [0.4, 0.5) is 0 Å². The summed E-state index contributed by atoms with van der Waals surface area (Å²) in [5, 5.41) is 3.88. The van der Waals surface area contributed by atoms with Crippen molar-refractivity contribution in [3.05, 3.63) is 35.9 Å². The molecule has 0 aliphatic carbocycles. The number of hydrogen-bond donors (Lipinski definition) is 1. The Bertz CT molecular complexity index is 399. The Kier molecular flexibility index (Phi) is 5.22. The van der Waals surface area contributed by atoms with Crippen molar-refractivity contribution in [2.45, 2.75) is 64.6 Å². The maximum atomic E-state index is 5.82. The fourth-order valence-corrected chi connectivity index (χ4v) is 3.12. The van der Waals surface area contributed by atoms with E-state index >= 15 is 0 Å². The topological polar surface area (TPSA) is 21.3 Å². The predicted molar refractivity (Wildman–Crippen MR) is 84.8 cm³/mol. The third-order valence-corrected chi connectivity index (χ3v) is 4.04. The molecule has 1 N–H and O–H groups in total. The van der Waals surface area contributed by atoms with E-state index in [1.54, 1.807) is 0 Å². The highest BCUT2D eigenvalue weighted by Crippen LogP contribution is 2.28. The zero-order valence-corrected chi connectivity index (χ0v) is 13.4. The van der Waals surface area contributed by atoms with Crippen molar-refractivity contribution in [1.29, 1.82) is 0 Å². The van der Waals surface area contributed by atoms with E-state index in [1.165, 1.54) is 12.0 Å². The van der Waals surface area contributed by atoms with E-state index in [1.807, 2.05) is 0 Å². The van der Waals surface area contributed by atoms with E-state index in [2.05, 4.69) is 63.3 Å². The van der Waals surface area contributed by atoms with Crippen molar-refractivity contribution >= 4 is 0 Å². The van der Waals surface area contributed by atoms with E-state index in [4.69, 9.17) is 4.74 Å². The minimum atomic E-state index is 0.00891. The average molecular weight is 275 g/mol. The average Bonchev–Trinajstić information content (AvgIpc) is 2.37. The van der Waals surface area contributed by atoms with Crippen LogP contribution in [0.15, 0.2) is 30.3 Å². The molecule has 1 saturated heterocycles. The summed E-state index contributed by atoms with van der Waals surface area (Å²) < 4.78 is 5.82. The minimum Gasteiger partial charge on any atom is -0.375 e. The van der Waals surface area contributed by atoms with Crippen LogP contribution in [0.25, 0.3) is 0 Å². The quantitative estimate of drug-likeness (QED) is 0.864. The monoisotopic (exact) mass is 275 g/mol. The molecule has 0 spiro atoms. The minimum absolute atomic E-state index is 0.00891. The summed E-state index contributed by atoms with van der Waals surface area (Å²) in [4.78, 5) is 0. The zero-order valence-electron chi connectivity index (χ0n) is 13.4. The van der Waals surface area contributed by atoms with Crippen molar-refractivity contribution in [2.24, 2.45) is 5.92 Å². The van der Waals surface area contributed by atoms with Crippen molar-refractivity contribution in [2.75, 3.05) is 6.61 Å². The molecule has 1 aliphatic heterocycles. The summed E-state index contributed by atoms with van der Waals surface area (Å²) in [6, 6.07) is 11.9. The second-order valence-corrected chi connectivity index (χ2v) is 7.06. The largest absolute Gasteiger partial charge is 0.375 e. The Morgan fingerprint density at radius 3 is 2.55 bits per heavy atom. The molecule has 1 aromatic rings. The highest BCUT2D eigenvalue weighted by molar-refractivity contribution is 5.19. The first-order valence-corrected chi connectivity index (χ1v) is 7.91. The fourth-order valence-electron chi connectivity index (χ4n) is 3.12. The molecule has 0 bridgehead atoms. The lowest BCUT2D eigenvalue weighted by Gasteiger charge is -2.38. The molecule has 2 heteroatoms. The van der Waals surface area contributed by atoms with Crippen LogP contribution in [0.3, 0.4) is 0 Å². The molecule has 1 fully saturated rings. The molecular formula is C18H29NO. The fraction of sp³-hybridized carbons (Fsp3) is 0.667. The van der Waals surface area contributed by atoms with Gasteiger partial charge in [-0.05, 0) is 44.6 Å². The molecule has 2 atom stereocenters. The summed E-state index contributed by atoms with van der Waals surface area (Å²) in [5.41, 5.74) is 1.42. The van der Waals surface area contributed by atoms with Gasteiger partial charge in [-0.25, -0.2) is 0 Å². The van der Waals surface area contributed by atoms with Gasteiger partial charge >= 0.3 is 0 Å². The van der Waals surface area contributed by atoms with Crippen LogP contribution in [0.5, 0.6) is 0 Å². The van der Waals surface area contributed by atoms with E-state index in [0.29, 0.717) is 18.0 Å². The number of rotatable bonds is 5. The molecule has 1 aliphatic rings. The summed E-state index contributed by atoms with van der Waals surface area (Å²) in [7, 11) is 0. The maximum Gasteiger partial charge on any atom is 0.0641 e. The van der Waals surface area contributed by atoms with Crippen LogP contribution in [-0.4, -0.2) is 18.2 Å². The SMILES string of the molecule is CC(C)CC(NC1CCOC(C)(C)C1)c1ccccc1. The second kappa shape index (κ2) is 6.73. The van der Waals surface area contributed by atoms with Gasteiger partial charge in [0, 0.05) is 18.7 Å². The van der Waals surface area contributed by atoms with Gasteiger partial charge in [0.25, 0.3) is 0 Å². The summed E-state index contributed by atoms with van der Waals surface area (Å²) in [5.74, 6) is 0.695. The molecular weight excluding hydrogens is 246 g/mol. The lowest BCUT2D eigenvalue weighted by Crippen LogP contribution is -2.45. The van der Waals surface area contributed by atoms with Crippen molar-refractivity contribution < 1.29 is 4.74 Å². The van der Waals surface area contributed by atoms with E-state index < -0.39 is 0 Å². The Morgan fingerprint density at radius 1 is 1.25 bits per heavy atom. The first-order chi connectivity index (χ1) is 9.46. The van der Waals surface area contributed by atoms with Gasteiger partial charge in [0.15, 0.2) is 0 Å². The molecule has 20 heavy (non-hydrogen) atoms. The van der Waals surface area contributed by atoms with Crippen LogP contribution >= 0.6 is 0 Å². The van der Waals surface area contributed by atoms with Gasteiger partial charge in [-0.15, -0.1) is 0 Å². The number of hydrogen-bond acceptors (Lipinski definition) is 2. The standard InChI is InChI=1S/C18H29NO/c1-14(2)12-17(15-8-6-5-7-9-15)19-16-10-11-20-18(3,4)13-16/h5-9,14,16-17,19H,10-13H2,1-4H3. The molecule has 2 nitrogen and oxygen atoms in total. The van der Waals surface area contributed by atoms with Crippen LogP contribution in [0.2, 0.25) is 0 Å². The molecule has 0 radical (unpaired) electrons. The number of ether oxygens (including phenoxy) is 1. The zero-order chi connectivity index (χ0) is 14.6. The van der Waals surface area contributed by atoms with Crippen LogP contribution in [0.1, 0.15) is 58.6 Å². The molecule has 0 aromatic heterocycles. The Morgan fingerprint density at radius 2 is 1.95 bits per heavy atom. The lowest BCUT2D eigenvalue weighted by molar-refractivity contribution is -0.0644. The smallest absolute Gasteiger partial charge is 0.0641 e. The third kappa shape index (κ3) is 4.60. The first kappa shape index (κ1) is 15.5. The van der Waals surface area contributed by atoms with Gasteiger partial charge in [0.05, 0.1) is 5.60 Å². The Balaban J connectivity index is 2.04. The van der Waals surface area contributed by atoms with Gasteiger partial charge in [0.2, 0.25) is 0 Å². The lowest BCUT2D eigenvalue weighted by atomic mass is 9.91. The molecule has 2 rings (SSSR count). The summed E-state index contributed by atoms with van der Waals surface area (Å²) >= 11 is 0. The van der Waals surface area contributed by atoms with Gasteiger partial charge in [-0.3, -0.25) is 0 Å². The highest BCUT2D eigenvalue weighted by Gasteiger charge is 2.30. The normalized spacial score (nSPS) is 23.8. The summed E-state index contributed by atoms with van der Waals surface area (Å²) in [6.45, 7) is 9.85. The Hall–Kier alpha value is -0.860. The molecule has 1 heterocycles. The third-order valence-electron chi connectivity index (χ3n) is 4.04. The van der Waals surface area contributed by atoms with Gasteiger partial charge in [-0.2, -0.15) is 0 Å². The maximum absolute atomic E-state index is 5.82. The van der Waals surface area contributed by atoms with Crippen molar-refractivity contribution in [3.8, 4) is 0 Å². The Labute approximate surface area is 123 Å². The molecule has 112 valence electrons. The van der Waals surface area contributed by atoms with Crippen LogP contribution in [0, 0.1) is 5.92 Å². The predicted octanol–water partition coefficient (Wildman–Crippen LogP) is 4.32. The molecule has 0 saturated carbocycles. The van der Waals surface area contributed by atoms with Gasteiger partial charge in [0.1, 0.15) is 0 Å². The van der Waals surface area contributed by atoms with Crippen LogP contribution < -0.4 is 5.32 Å². The van der Waals surface area contributed by atoms with Crippen molar-refractivity contribution in [1.82, 2.24) is 5.32 Å². The number of benzene rings is 1. The van der Waals surface area contributed by atoms with Crippen molar-refractivity contribution in [3.63, 3.8) is 0 Å². The molecule has 0 amide bonds. The molecule has 1 aromatic carbocycles.